The first-order chi connectivity index (χ1) is 19.8. The number of oxazole rings is 1. The van der Waals surface area contributed by atoms with E-state index >= 15 is 0 Å². The van der Waals surface area contributed by atoms with Crippen LogP contribution < -0.4 is 17.0 Å². The monoisotopic (exact) mass is 544 g/mol. The zero-order chi connectivity index (χ0) is 28.7. The predicted molar refractivity (Wildman–Crippen MR) is 159 cm³/mol. The average Bonchev–Trinajstić information content (AvgIpc) is 3.47. The maximum atomic E-state index is 11.9. The summed E-state index contributed by atoms with van der Waals surface area (Å²) in [7, 11) is 0. The number of nitrogen functional groups attached to an aromatic ring is 1. The van der Waals surface area contributed by atoms with Crippen LogP contribution in [0.25, 0.3) is 55.3 Å². The zero-order valence-corrected chi connectivity index (χ0v) is 22.2. The number of nitrogens with zero attached hydrogens (tertiary/aromatic N) is 1. The minimum atomic E-state index is -0.455. The zero-order valence-electron chi connectivity index (χ0n) is 22.2. The molecule has 0 atom stereocenters. The summed E-state index contributed by atoms with van der Waals surface area (Å²) < 4.78 is 16.0. The molecule has 202 valence electrons. The molecule has 7 aromatic rings. The molecule has 3 N–H and O–H groups in total. The third-order valence-electron chi connectivity index (χ3n) is 7.00. The molecule has 0 unspecified atom stereocenters. The Labute approximate surface area is 232 Å². The van der Waals surface area contributed by atoms with Crippen LogP contribution in [0.15, 0.2) is 114 Å². The Bertz CT molecular complexity index is 2180. The lowest BCUT2D eigenvalue weighted by atomic mass is 9.99. The summed E-state index contributed by atoms with van der Waals surface area (Å²) in [6.07, 6.45) is 1.40. The van der Waals surface area contributed by atoms with E-state index in [-0.39, 0.29) is 17.1 Å². The minimum Gasteiger partial charge on any atom is -0.505 e. The highest BCUT2D eigenvalue weighted by Crippen LogP contribution is 2.36. The highest BCUT2D eigenvalue weighted by atomic mass is 16.4. The van der Waals surface area contributed by atoms with E-state index in [9.17, 15) is 14.7 Å². The van der Waals surface area contributed by atoms with Crippen LogP contribution in [0, 0.1) is 13.8 Å². The van der Waals surface area contributed by atoms with Crippen LogP contribution in [-0.2, 0) is 0 Å². The third-order valence-corrected chi connectivity index (χ3v) is 7.00. The van der Waals surface area contributed by atoms with Crippen LogP contribution in [0.4, 0.5) is 5.69 Å². The standard InChI is InChI=1S/C17H11NO3.C16H13NO3/c1-10-16-13(7-14-17(10)20-9-18-14)12(8-15(19)21-16)11-5-3-2-4-6-11;1-9-15(19)13(17)7-12-11(8-14(18)20-16(9)12)10-5-3-2-4-6-10/h2-9H,1H3;2-8,19H,17H2,1H3. The van der Waals surface area contributed by atoms with Gasteiger partial charge in [-0.05, 0) is 48.2 Å². The third kappa shape index (κ3) is 4.61. The van der Waals surface area contributed by atoms with E-state index < -0.39 is 5.63 Å². The van der Waals surface area contributed by atoms with Crippen molar-refractivity contribution in [3.05, 3.63) is 123 Å². The molecule has 7 rings (SSSR count). The van der Waals surface area contributed by atoms with Gasteiger partial charge in [-0.2, -0.15) is 0 Å². The maximum Gasteiger partial charge on any atom is 0.336 e. The van der Waals surface area contributed by atoms with Gasteiger partial charge in [0.15, 0.2) is 12.0 Å². The molecule has 3 heterocycles. The molecule has 8 heteroatoms. The van der Waals surface area contributed by atoms with Gasteiger partial charge in [0.1, 0.15) is 22.4 Å². The van der Waals surface area contributed by atoms with Crippen molar-refractivity contribution in [2.24, 2.45) is 0 Å². The summed E-state index contributed by atoms with van der Waals surface area (Å²) in [5.74, 6) is -0.0501. The van der Waals surface area contributed by atoms with Gasteiger partial charge in [-0.1, -0.05) is 60.7 Å². The minimum absolute atomic E-state index is 0.0501. The molecular weight excluding hydrogens is 520 g/mol. The number of aryl methyl sites for hydroxylation is 2. The van der Waals surface area contributed by atoms with E-state index in [1.807, 2.05) is 73.7 Å². The number of nitrogens with two attached hydrogens (primary N) is 1. The average molecular weight is 545 g/mol. The lowest BCUT2D eigenvalue weighted by molar-refractivity contribution is 0.471. The van der Waals surface area contributed by atoms with Gasteiger partial charge < -0.3 is 24.1 Å². The number of rotatable bonds is 2. The van der Waals surface area contributed by atoms with Gasteiger partial charge >= 0.3 is 11.3 Å². The number of phenolic OH excluding ortho intramolecular Hbond substituents is 1. The fraction of sp³-hybridized carbons (Fsp3) is 0.0606. The molecule has 0 aliphatic rings. The normalized spacial score (nSPS) is 11.1. The highest BCUT2D eigenvalue weighted by Gasteiger charge is 2.16. The van der Waals surface area contributed by atoms with Crippen LogP contribution >= 0.6 is 0 Å². The van der Waals surface area contributed by atoms with Crippen molar-refractivity contribution in [1.82, 2.24) is 4.98 Å². The van der Waals surface area contributed by atoms with Gasteiger partial charge in [0.05, 0.1) is 5.69 Å². The van der Waals surface area contributed by atoms with Crippen molar-refractivity contribution in [3.8, 4) is 28.0 Å². The molecule has 0 aliphatic heterocycles. The fourth-order valence-electron chi connectivity index (χ4n) is 4.99. The molecule has 41 heavy (non-hydrogen) atoms. The summed E-state index contributed by atoms with van der Waals surface area (Å²) in [6.45, 7) is 3.54. The first kappa shape index (κ1) is 25.6. The van der Waals surface area contributed by atoms with E-state index in [0.29, 0.717) is 27.7 Å². The SMILES string of the molecule is Cc1c(O)c(N)cc2c(-c3ccccc3)cc(=O)oc12.Cc1c2ocnc2cc2c(-c3ccccc3)cc(=O)oc12. The van der Waals surface area contributed by atoms with Crippen LogP contribution in [0.5, 0.6) is 5.75 Å². The van der Waals surface area contributed by atoms with Gasteiger partial charge in [-0.25, -0.2) is 14.6 Å². The van der Waals surface area contributed by atoms with Crippen molar-refractivity contribution in [3.63, 3.8) is 0 Å². The van der Waals surface area contributed by atoms with Crippen LogP contribution in [0.2, 0.25) is 0 Å². The Morgan fingerprint density at radius 1 is 0.683 bits per heavy atom. The number of aromatic hydroxyl groups is 1. The van der Waals surface area contributed by atoms with E-state index in [1.54, 1.807) is 13.0 Å². The van der Waals surface area contributed by atoms with Gasteiger partial charge in [0.25, 0.3) is 0 Å². The molecule has 0 radical (unpaired) electrons. The summed E-state index contributed by atoms with van der Waals surface area (Å²) in [6, 6.07) is 25.8. The molecule has 0 saturated heterocycles. The Hall–Kier alpha value is -5.63. The summed E-state index contributed by atoms with van der Waals surface area (Å²) in [4.78, 5) is 27.8. The lowest BCUT2D eigenvalue weighted by Gasteiger charge is -2.10. The van der Waals surface area contributed by atoms with E-state index in [0.717, 1.165) is 38.7 Å². The topological polar surface area (TPSA) is 133 Å². The Morgan fingerprint density at radius 3 is 1.76 bits per heavy atom. The van der Waals surface area contributed by atoms with Crippen molar-refractivity contribution < 1.29 is 18.4 Å². The number of hydrogen-bond donors (Lipinski definition) is 2. The Balaban J connectivity index is 0.000000148. The number of anilines is 1. The summed E-state index contributed by atoms with van der Waals surface area (Å²) in [5, 5.41) is 11.4. The number of aromatic nitrogens is 1. The largest absolute Gasteiger partial charge is 0.505 e. The second-order valence-electron chi connectivity index (χ2n) is 9.59. The van der Waals surface area contributed by atoms with Crippen LogP contribution in [0.3, 0.4) is 0 Å². The van der Waals surface area contributed by atoms with Gasteiger partial charge in [-0.15, -0.1) is 0 Å². The number of phenols is 1. The number of hydrogen-bond acceptors (Lipinski definition) is 8. The van der Waals surface area contributed by atoms with Crippen molar-refractivity contribution in [1.29, 1.82) is 0 Å². The molecule has 0 bridgehead atoms. The highest BCUT2D eigenvalue weighted by molar-refractivity contribution is 6.02. The predicted octanol–water partition coefficient (Wildman–Crippen LogP) is 6.97. The molecule has 0 amide bonds. The Morgan fingerprint density at radius 2 is 1.20 bits per heavy atom. The van der Waals surface area contributed by atoms with Crippen LogP contribution in [-0.4, -0.2) is 10.1 Å². The molecular formula is C33H24N2O6. The molecule has 3 aromatic heterocycles. The molecule has 0 aliphatic carbocycles. The fourth-order valence-corrected chi connectivity index (χ4v) is 4.99. The number of benzene rings is 4. The molecule has 4 aromatic carbocycles. The van der Waals surface area contributed by atoms with E-state index in [4.69, 9.17) is 19.0 Å². The summed E-state index contributed by atoms with van der Waals surface area (Å²) in [5.41, 5.74) is 12.3. The second kappa shape index (κ2) is 10.2. The van der Waals surface area contributed by atoms with Gasteiger partial charge in [-0.3, -0.25) is 0 Å². The number of fused-ring (bicyclic) bond motifs is 3. The first-order valence-corrected chi connectivity index (χ1v) is 12.8. The van der Waals surface area contributed by atoms with E-state index in [1.165, 1.54) is 18.5 Å². The van der Waals surface area contributed by atoms with Gasteiger partial charge in [0.2, 0.25) is 0 Å². The van der Waals surface area contributed by atoms with Gasteiger partial charge in [0, 0.05) is 34.0 Å². The smallest absolute Gasteiger partial charge is 0.336 e. The Kier molecular flexibility index (Phi) is 6.35. The lowest BCUT2D eigenvalue weighted by Crippen LogP contribution is -2.00. The quantitative estimate of drug-likeness (QED) is 0.135. The van der Waals surface area contributed by atoms with Crippen molar-refractivity contribution >= 4 is 38.7 Å². The maximum absolute atomic E-state index is 11.9. The molecule has 8 nitrogen and oxygen atoms in total. The van der Waals surface area contributed by atoms with Crippen LogP contribution in [0.1, 0.15) is 11.1 Å². The molecule has 0 spiro atoms. The summed E-state index contributed by atoms with van der Waals surface area (Å²) >= 11 is 0. The molecule has 0 saturated carbocycles. The second-order valence-corrected chi connectivity index (χ2v) is 9.59. The van der Waals surface area contributed by atoms with E-state index in [2.05, 4.69) is 4.98 Å². The molecule has 0 fully saturated rings. The first-order valence-electron chi connectivity index (χ1n) is 12.8. The van der Waals surface area contributed by atoms with Crippen molar-refractivity contribution in [2.45, 2.75) is 13.8 Å². The van der Waals surface area contributed by atoms with Crippen molar-refractivity contribution in [2.75, 3.05) is 5.73 Å².